The van der Waals surface area contributed by atoms with E-state index in [1.54, 1.807) is 11.3 Å². The highest BCUT2D eigenvalue weighted by molar-refractivity contribution is 7.11. The summed E-state index contributed by atoms with van der Waals surface area (Å²) in [6, 6.07) is 4.25. The van der Waals surface area contributed by atoms with Crippen LogP contribution in [-0.2, 0) is 17.8 Å². The Morgan fingerprint density at radius 3 is 3.00 bits per heavy atom. The van der Waals surface area contributed by atoms with Gasteiger partial charge in [0.1, 0.15) is 0 Å². The van der Waals surface area contributed by atoms with Crippen molar-refractivity contribution in [2.45, 2.75) is 26.3 Å². The zero-order chi connectivity index (χ0) is 11.4. The second kappa shape index (κ2) is 5.46. The number of rotatable bonds is 4. The average Bonchev–Trinajstić information content (AvgIpc) is 2.96. The van der Waals surface area contributed by atoms with Gasteiger partial charge in [-0.1, -0.05) is 6.92 Å². The second-order valence-corrected chi connectivity index (χ2v) is 5.38. The first-order valence-electron chi connectivity index (χ1n) is 5.85. The molecule has 0 bridgehead atoms. The van der Waals surface area contributed by atoms with Gasteiger partial charge < -0.3 is 10.6 Å². The van der Waals surface area contributed by atoms with Gasteiger partial charge in [-0.25, -0.2) is 0 Å². The molecule has 0 saturated carbocycles. The number of hydrogen-bond acceptors (Lipinski definition) is 3. The Hall–Kier alpha value is -0.870. The Labute approximate surface area is 100 Å². The highest BCUT2D eigenvalue weighted by atomic mass is 32.1. The molecule has 1 amide bonds. The molecule has 1 aliphatic rings. The van der Waals surface area contributed by atoms with Crippen molar-refractivity contribution >= 4 is 17.2 Å². The summed E-state index contributed by atoms with van der Waals surface area (Å²) in [5.74, 6) is 0.363. The average molecular weight is 238 g/mol. The highest BCUT2D eigenvalue weighted by Gasteiger charge is 2.21. The SMILES string of the molecule is CCc1ccc(CNC(=O)C2CCNC2)s1. The van der Waals surface area contributed by atoms with Crippen molar-refractivity contribution < 1.29 is 4.79 Å². The van der Waals surface area contributed by atoms with Gasteiger partial charge in [-0.05, 0) is 31.5 Å². The smallest absolute Gasteiger partial charge is 0.224 e. The van der Waals surface area contributed by atoms with Crippen molar-refractivity contribution in [2.24, 2.45) is 5.92 Å². The van der Waals surface area contributed by atoms with Crippen molar-refractivity contribution in [2.75, 3.05) is 13.1 Å². The van der Waals surface area contributed by atoms with E-state index in [2.05, 4.69) is 29.7 Å². The number of hydrogen-bond donors (Lipinski definition) is 2. The Bertz CT molecular complexity index is 356. The summed E-state index contributed by atoms with van der Waals surface area (Å²) in [6.07, 6.45) is 2.04. The largest absolute Gasteiger partial charge is 0.351 e. The van der Waals surface area contributed by atoms with E-state index in [-0.39, 0.29) is 11.8 Å². The van der Waals surface area contributed by atoms with Crippen molar-refractivity contribution in [1.29, 1.82) is 0 Å². The van der Waals surface area contributed by atoms with Crippen molar-refractivity contribution in [3.8, 4) is 0 Å². The van der Waals surface area contributed by atoms with E-state index in [0.717, 1.165) is 25.9 Å². The molecule has 0 spiro atoms. The van der Waals surface area contributed by atoms with Crippen LogP contribution in [0.1, 0.15) is 23.1 Å². The molecule has 16 heavy (non-hydrogen) atoms. The van der Waals surface area contributed by atoms with E-state index < -0.39 is 0 Å². The van der Waals surface area contributed by atoms with Gasteiger partial charge in [0.25, 0.3) is 0 Å². The Morgan fingerprint density at radius 1 is 1.56 bits per heavy atom. The van der Waals surface area contributed by atoms with Gasteiger partial charge in [0.2, 0.25) is 5.91 Å². The summed E-state index contributed by atoms with van der Waals surface area (Å²) in [5, 5.41) is 6.22. The van der Waals surface area contributed by atoms with Gasteiger partial charge >= 0.3 is 0 Å². The van der Waals surface area contributed by atoms with E-state index >= 15 is 0 Å². The summed E-state index contributed by atoms with van der Waals surface area (Å²) < 4.78 is 0. The summed E-state index contributed by atoms with van der Waals surface area (Å²) in [6.45, 7) is 4.63. The molecule has 1 saturated heterocycles. The molecular formula is C12H18N2OS. The summed E-state index contributed by atoms with van der Waals surface area (Å²) in [5.41, 5.74) is 0. The lowest BCUT2D eigenvalue weighted by atomic mass is 10.1. The Morgan fingerprint density at radius 2 is 2.38 bits per heavy atom. The molecule has 1 aliphatic heterocycles. The zero-order valence-electron chi connectivity index (χ0n) is 9.58. The molecule has 2 heterocycles. The standard InChI is InChI=1S/C12H18N2OS/c1-2-10-3-4-11(16-10)8-14-12(15)9-5-6-13-7-9/h3-4,9,13H,2,5-8H2,1H3,(H,14,15). The summed E-state index contributed by atoms with van der Waals surface area (Å²) in [4.78, 5) is 14.4. The molecule has 4 heteroatoms. The summed E-state index contributed by atoms with van der Waals surface area (Å²) in [7, 11) is 0. The first-order chi connectivity index (χ1) is 7.79. The first kappa shape index (κ1) is 11.6. The lowest BCUT2D eigenvalue weighted by Crippen LogP contribution is -2.31. The third kappa shape index (κ3) is 2.83. The maximum Gasteiger partial charge on any atom is 0.224 e. The molecule has 3 nitrogen and oxygen atoms in total. The van der Waals surface area contributed by atoms with Crippen LogP contribution in [0.15, 0.2) is 12.1 Å². The van der Waals surface area contributed by atoms with Crippen LogP contribution >= 0.6 is 11.3 Å². The van der Waals surface area contributed by atoms with Crippen LogP contribution in [0, 0.1) is 5.92 Å². The topological polar surface area (TPSA) is 41.1 Å². The minimum absolute atomic E-state index is 0.172. The lowest BCUT2D eigenvalue weighted by molar-refractivity contribution is -0.124. The van der Waals surface area contributed by atoms with Crippen LogP contribution in [0.25, 0.3) is 0 Å². The number of thiophene rings is 1. The molecule has 1 atom stereocenters. The monoisotopic (exact) mass is 238 g/mol. The molecule has 1 aromatic rings. The predicted octanol–water partition coefficient (Wildman–Crippen LogP) is 1.54. The molecule has 0 radical (unpaired) electrons. The number of carbonyl (C=O) groups is 1. The van der Waals surface area contributed by atoms with Crippen LogP contribution in [0.5, 0.6) is 0 Å². The molecule has 1 aromatic heterocycles. The van der Waals surface area contributed by atoms with Gasteiger partial charge in [-0.15, -0.1) is 11.3 Å². The first-order valence-corrected chi connectivity index (χ1v) is 6.67. The fraction of sp³-hybridized carbons (Fsp3) is 0.583. The molecule has 88 valence electrons. The maximum atomic E-state index is 11.7. The number of aryl methyl sites for hydroxylation is 1. The minimum Gasteiger partial charge on any atom is -0.351 e. The Kier molecular flexibility index (Phi) is 3.96. The minimum atomic E-state index is 0.172. The van der Waals surface area contributed by atoms with Crippen LogP contribution in [-0.4, -0.2) is 19.0 Å². The number of carbonyl (C=O) groups excluding carboxylic acids is 1. The quantitative estimate of drug-likeness (QED) is 0.835. The van der Waals surface area contributed by atoms with Gasteiger partial charge in [-0.2, -0.15) is 0 Å². The molecule has 0 aliphatic carbocycles. The second-order valence-electron chi connectivity index (χ2n) is 4.13. The third-order valence-corrected chi connectivity index (χ3v) is 4.16. The molecule has 2 N–H and O–H groups in total. The fourth-order valence-corrected chi connectivity index (χ4v) is 2.80. The van der Waals surface area contributed by atoms with Crippen molar-refractivity contribution in [3.05, 3.63) is 21.9 Å². The van der Waals surface area contributed by atoms with Gasteiger partial charge in [0, 0.05) is 16.3 Å². The fourth-order valence-electron chi connectivity index (χ4n) is 1.90. The van der Waals surface area contributed by atoms with Gasteiger partial charge in [0.05, 0.1) is 12.5 Å². The predicted molar refractivity (Wildman–Crippen MR) is 66.5 cm³/mol. The van der Waals surface area contributed by atoms with Gasteiger partial charge in [0.15, 0.2) is 0 Å². The van der Waals surface area contributed by atoms with Crippen LogP contribution in [0.2, 0.25) is 0 Å². The summed E-state index contributed by atoms with van der Waals surface area (Å²) >= 11 is 1.79. The zero-order valence-corrected chi connectivity index (χ0v) is 10.4. The van der Waals surface area contributed by atoms with E-state index in [0.29, 0.717) is 6.54 Å². The number of nitrogens with one attached hydrogen (secondary N) is 2. The van der Waals surface area contributed by atoms with Crippen LogP contribution < -0.4 is 10.6 Å². The van der Waals surface area contributed by atoms with Crippen molar-refractivity contribution in [3.63, 3.8) is 0 Å². The number of amides is 1. The molecule has 2 rings (SSSR count). The third-order valence-electron chi connectivity index (χ3n) is 2.93. The highest BCUT2D eigenvalue weighted by Crippen LogP contribution is 2.17. The van der Waals surface area contributed by atoms with Gasteiger partial charge in [-0.3, -0.25) is 4.79 Å². The lowest BCUT2D eigenvalue weighted by Gasteiger charge is -2.08. The Balaban J connectivity index is 1.80. The molecule has 1 unspecified atom stereocenters. The van der Waals surface area contributed by atoms with Crippen molar-refractivity contribution in [1.82, 2.24) is 10.6 Å². The molecule has 1 fully saturated rings. The van der Waals surface area contributed by atoms with E-state index in [4.69, 9.17) is 0 Å². The molecular weight excluding hydrogens is 220 g/mol. The van der Waals surface area contributed by atoms with E-state index in [1.807, 2.05) is 0 Å². The normalized spacial score (nSPS) is 19.9. The molecule has 0 aromatic carbocycles. The van der Waals surface area contributed by atoms with Crippen LogP contribution in [0.4, 0.5) is 0 Å². The maximum absolute atomic E-state index is 11.7. The van der Waals surface area contributed by atoms with E-state index in [1.165, 1.54) is 9.75 Å². The van der Waals surface area contributed by atoms with E-state index in [9.17, 15) is 4.79 Å². The van der Waals surface area contributed by atoms with Crippen LogP contribution in [0.3, 0.4) is 0 Å².